The van der Waals surface area contributed by atoms with Crippen LogP contribution in [0, 0.1) is 5.92 Å². The third-order valence-electron chi connectivity index (χ3n) is 3.47. The molecule has 0 unspecified atom stereocenters. The number of hydrogen-bond donors (Lipinski definition) is 1. The van der Waals surface area contributed by atoms with Crippen LogP contribution in [0.2, 0.25) is 0 Å². The second-order valence-corrected chi connectivity index (χ2v) is 4.92. The van der Waals surface area contributed by atoms with Crippen LogP contribution in [-0.2, 0) is 4.74 Å². The number of nitrogens with zero attached hydrogens (tertiary/aromatic N) is 2. The van der Waals surface area contributed by atoms with Gasteiger partial charge in [-0.1, -0.05) is 0 Å². The predicted octanol–water partition coefficient (Wildman–Crippen LogP) is 0.0229. The van der Waals surface area contributed by atoms with Gasteiger partial charge in [0.15, 0.2) is 0 Å². The molecule has 0 aromatic carbocycles. The molecule has 0 spiro atoms. The second-order valence-electron chi connectivity index (χ2n) is 4.92. The lowest BCUT2D eigenvalue weighted by Crippen LogP contribution is -2.47. The molecular formula is C12H24N2O2. The summed E-state index contributed by atoms with van der Waals surface area (Å²) in [6, 6.07) is 0. The van der Waals surface area contributed by atoms with Crippen molar-refractivity contribution in [2.75, 3.05) is 59.1 Å². The van der Waals surface area contributed by atoms with E-state index in [1.54, 1.807) is 0 Å². The first kappa shape index (κ1) is 12.3. The van der Waals surface area contributed by atoms with Crippen molar-refractivity contribution in [3.8, 4) is 0 Å². The summed E-state index contributed by atoms with van der Waals surface area (Å²) in [5, 5.41) is 8.58. The van der Waals surface area contributed by atoms with Crippen molar-refractivity contribution in [1.29, 1.82) is 0 Å². The Morgan fingerprint density at radius 2 is 1.69 bits per heavy atom. The fraction of sp³-hybridized carbons (Fsp3) is 1.00. The van der Waals surface area contributed by atoms with E-state index in [1.807, 2.05) is 0 Å². The average molecular weight is 228 g/mol. The topological polar surface area (TPSA) is 35.9 Å². The van der Waals surface area contributed by atoms with Gasteiger partial charge in [-0.05, 0) is 18.8 Å². The third-order valence-corrected chi connectivity index (χ3v) is 3.47. The average Bonchev–Trinajstić information content (AvgIpc) is 3.11. The molecule has 1 N–H and O–H groups in total. The summed E-state index contributed by atoms with van der Waals surface area (Å²) >= 11 is 0. The zero-order chi connectivity index (χ0) is 11.2. The molecular weight excluding hydrogens is 204 g/mol. The summed E-state index contributed by atoms with van der Waals surface area (Å²) in [6.07, 6.45) is 2.91. The zero-order valence-electron chi connectivity index (χ0n) is 10.1. The van der Waals surface area contributed by atoms with E-state index in [9.17, 15) is 0 Å². The summed E-state index contributed by atoms with van der Waals surface area (Å²) in [6.45, 7) is 8.49. The smallest absolute Gasteiger partial charge is 0.0698 e. The molecule has 0 aromatic heterocycles. The minimum Gasteiger partial charge on any atom is -0.394 e. The molecule has 2 aliphatic rings. The quantitative estimate of drug-likeness (QED) is 0.623. The van der Waals surface area contributed by atoms with Crippen molar-refractivity contribution in [2.24, 2.45) is 5.92 Å². The molecule has 1 heterocycles. The van der Waals surface area contributed by atoms with Gasteiger partial charge >= 0.3 is 0 Å². The van der Waals surface area contributed by atoms with Crippen LogP contribution in [0.4, 0.5) is 0 Å². The molecule has 0 atom stereocenters. The summed E-state index contributed by atoms with van der Waals surface area (Å²) < 4.78 is 5.28. The standard InChI is InChI=1S/C12H24N2O2/c15-8-10-16-9-7-13-3-5-14(6-4-13)11-12-1-2-12/h12,15H,1-11H2. The number of rotatable bonds is 7. The minimum absolute atomic E-state index is 0.134. The van der Waals surface area contributed by atoms with E-state index in [1.165, 1.54) is 45.6 Å². The fourth-order valence-corrected chi connectivity index (χ4v) is 2.22. The Labute approximate surface area is 98.2 Å². The van der Waals surface area contributed by atoms with Crippen LogP contribution in [-0.4, -0.2) is 74.0 Å². The van der Waals surface area contributed by atoms with Gasteiger partial charge in [0.2, 0.25) is 0 Å². The van der Waals surface area contributed by atoms with Crippen LogP contribution in [0.15, 0.2) is 0 Å². The van der Waals surface area contributed by atoms with Crippen LogP contribution in [0.25, 0.3) is 0 Å². The summed E-state index contributed by atoms with van der Waals surface area (Å²) in [5.74, 6) is 1.01. The van der Waals surface area contributed by atoms with E-state index in [4.69, 9.17) is 9.84 Å². The Kier molecular flexibility index (Phi) is 5.03. The summed E-state index contributed by atoms with van der Waals surface area (Å²) in [5.41, 5.74) is 0. The van der Waals surface area contributed by atoms with E-state index in [0.29, 0.717) is 6.61 Å². The van der Waals surface area contributed by atoms with Crippen molar-refractivity contribution >= 4 is 0 Å². The minimum atomic E-state index is 0.134. The number of aliphatic hydroxyl groups is 1. The Morgan fingerprint density at radius 3 is 2.31 bits per heavy atom. The number of aliphatic hydroxyl groups excluding tert-OH is 1. The van der Waals surface area contributed by atoms with Gasteiger partial charge in [0.05, 0.1) is 19.8 Å². The highest BCUT2D eigenvalue weighted by molar-refractivity contribution is 4.80. The lowest BCUT2D eigenvalue weighted by Gasteiger charge is -2.34. The SMILES string of the molecule is OCCOCCN1CCN(CC2CC2)CC1. The highest BCUT2D eigenvalue weighted by Crippen LogP contribution is 2.29. The molecule has 0 aromatic rings. The molecule has 1 aliphatic carbocycles. The molecule has 2 rings (SSSR count). The summed E-state index contributed by atoms with van der Waals surface area (Å²) in [7, 11) is 0. The summed E-state index contributed by atoms with van der Waals surface area (Å²) in [4.78, 5) is 5.06. The van der Waals surface area contributed by atoms with Crippen LogP contribution < -0.4 is 0 Å². The molecule has 0 bridgehead atoms. The molecule has 4 nitrogen and oxygen atoms in total. The van der Waals surface area contributed by atoms with E-state index in [0.717, 1.165) is 19.1 Å². The largest absolute Gasteiger partial charge is 0.394 e. The van der Waals surface area contributed by atoms with Crippen molar-refractivity contribution < 1.29 is 9.84 Å². The zero-order valence-corrected chi connectivity index (χ0v) is 10.1. The molecule has 1 saturated carbocycles. The number of piperazine rings is 1. The Morgan fingerprint density at radius 1 is 1.00 bits per heavy atom. The van der Waals surface area contributed by atoms with Gasteiger partial charge in [-0.2, -0.15) is 0 Å². The second kappa shape index (κ2) is 6.55. The monoisotopic (exact) mass is 228 g/mol. The van der Waals surface area contributed by atoms with E-state index in [2.05, 4.69) is 9.80 Å². The first-order chi connectivity index (χ1) is 7.88. The Balaban J connectivity index is 1.50. The lowest BCUT2D eigenvalue weighted by atomic mass is 10.3. The highest BCUT2D eigenvalue weighted by Gasteiger charge is 2.26. The van der Waals surface area contributed by atoms with E-state index < -0.39 is 0 Å². The third kappa shape index (κ3) is 4.37. The van der Waals surface area contributed by atoms with Gasteiger partial charge in [-0.25, -0.2) is 0 Å². The maximum atomic E-state index is 8.58. The van der Waals surface area contributed by atoms with Gasteiger partial charge in [0.25, 0.3) is 0 Å². The Hall–Kier alpha value is -0.160. The highest BCUT2D eigenvalue weighted by atomic mass is 16.5. The van der Waals surface area contributed by atoms with Gasteiger partial charge in [0.1, 0.15) is 0 Å². The van der Waals surface area contributed by atoms with Crippen LogP contribution >= 0.6 is 0 Å². The van der Waals surface area contributed by atoms with Gasteiger partial charge in [0, 0.05) is 39.3 Å². The van der Waals surface area contributed by atoms with Crippen molar-refractivity contribution in [1.82, 2.24) is 9.80 Å². The fourth-order valence-electron chi connectivity index (χ4n) is 2.22. The normalized spacial score (nSPS) is 23.8. The number of hydrogen-bond acceptors (Lipinski definition) is 4. The van der Waals surface area contributed by atoms with Crippen molar-refractivity contribution in [3.05, 3.63) is 0 Å². The van der Waals surface area contributed by atoms with E-state index >= 15 is 0 Å². The maximum absolute atomic E-state index is 8.58. The van der Waals surface area contributed by atoms with Crippen LogP contribution in [0.5, 0.6) is 0 Å². The molecule has 2 fully saturated rings. The number of ether oxygens (including phenoxy) is 1. The molecule has 0 radical (unpaired) electrons. The molecule has 1 saturated heterocycles. The first-order valence-corrected chi connectivity index (χ1v) is 6.52. The molecule has 1 aliphatic heterocycles. The Bertz CT molecular complexity index is 189. The van der Waals surface area contributed by atoms with Gasteiger partial charge in [-0.3, -0.25) is 4.90 Å². The molecule has 0 amide bonds. The molecule has 94 valence electrons. The van der Waals surface area contributed by atoms with Gasteiger partial charge in [-0.15, -0.1) is 0 Å². The molecule has 16 heavy (non-hydrogen) atoms. The predicted molar refractivity (Wildman–Crippen MR) is 63.5 cm³/mol. The van der Waals surface area contributed by atoms with Crippen molar-refractivity contribution in [2.45, 2.75) is 12.8 Å². The molecule has 4 heteroatoms. The van der Waals surface area contributed by atoms with Crippen LogP contribution in [0.3, 0.4) is 0 Å². The van der Waals surface area contributed by atoms with E-state index in [-0.39, 0.29) is 6.61 Å². The van der Waals surface area contributed by atoms with Gasteiger partial charge < -0.3 is 14.7 Å². The van der Waals surface area contributed by atoms with Crippen molar-refractivity contribution in [3.63, 3.8) is 0 Å². The maximum Gasteiger partial charge on any atom is 0.0698 e. The first-order valence-electron chi connectivity index (χ1n) is 6.52. The lowest BCUT2D eigenvalue weighted by molar-refractivity contribution is 0.0569. The van der Waals surface area contributed by atoms with Crippen LogP contribution in [0.1, 0.15) is 12.8 Å².